The molecule has 0 aromatic heterocycles. The molecule has 3 aromatic rings. The first-order valence-corrected chi connectivity index (χ1v) is 14.6. The number of rotatable bonds is 8. The van der Waals surface area contributed by atoms with Gasteiger partial charge in [-0.3, -0.25) is 9.69 Å². The normalized spacial score (nSPS) is 15.4. The number of unbranched alkanes of at least 4 members (excludes halogenated alkanes) is 1. The Balaban J connectivity index is 1.74. The molecule has 1 aliphatic heterocycles. The molecule has 38 heavy (non-hydrogen) atoms. The second kappa shape index (κ2) is 11.9. The fraction of sp³-hybridized carbons (Fsp3) is 0.355. The van der Waals surface area contributed by atoms with Gasteiger partial charge in [0.15, 0.2) is 0 Å². The molecule has 0 fully saturated rings. The van der Waals surface area contributed by atoms with Crippen LogP contribution < -0.4 is 10.2 Å². The van der Waals surface area contributed by atoms with Crippen LogP contribution in [-0.4, -0.2) is 29.9 Å². The molecular formula is C31H35BrClN3O2. The first kappa shape index (κ1) is 28.2. The fourth-order valence-corrected chi connectivity index (χ4v) is 5.52. The van der Waals surface area contributed by atoms with Crippen molar-refractivity contribution in [3.63, 3.8) is 0 Å². The van der Waals surface area contributed by atoms with Crippen LogP contribution in [0.3, 0.4) is 0 Å². The van der Waals surface area contributed by atoms with Crippen molar-refractivity contribution >= 4 is 50.8 Å². The summed E-state index contributed by atoms with van der Waals surface area (Å²) in [7, 11) is 0. The van der Waals surface area contributed by atoms with Gasteiger partial charge in [-0.25, -0.2) is 4.79 Å². The number of alkyl halides is 1. The summed E-state index contributed by atoms with van der Waals surface area (Å²) in [6.45, 7) is 8.95. The number of fused-ring (bicyclic) bond motifs is 1. The highest BCUT2D eigenvalue weighted by Gasteiger charge is 2.39. The molecule has 1 N–H and O–H groups in total. The van der Waals surface area contributed by atoms with E-state index in [9.17, 15) is 9.59 Å². The zero-order valence-corrected chi connectivity index (χ0v) is 24.8. The molecular weight excluding hydrogens is 562 g/mol. The van der Waals surface area contributed by atoms with Gasteiger partial charge in [0.2, 0.25) is 5.91 Å². The summed E-state index contributed by atoms with van der Waals surface area (Å²) in [5.41, 5.74) is 5.42. The van der Waals surface area contributed by atoms with Gasteiger partial charge in [-0.1, -0.05) is 104 Å². The number of nitrogens with zero attached hydrogens (tertiary/aromatic N) is 2. The first-order chi connectivity index (χ1) is 18.1. The molecule has 1 aliphatic rings. The van der Waals surface area contributed by atoms with E-state index in [1.165, 1.54) is 0 Å². The molecule has 0 saturated heterocycles. The van der Waals surface area contributed by atoms with E-state index >= 15 is 0 Å². The maximum absolute atomic E-state index is 14.0. The zero-order valence-electron chi connectivity index (χ0n) is 22.4. The van der Waals surface area contributed by atoms with Gasteiger partial charge in [-0.15, -0.1) is 0 Å². The summed E-state index contributed by atoms with van der Waals surface area (Å²) < 4.78 is 0. The summed E-state index contributed by atoms with van der Waals surface area (Å²) >= 11 is 9.98. The van der Waals surface area contributed by atoms with Gasteiger partial charge in [0.25, 0.3) is 0 Å². The Morgan fingerprint density at radius 2 is 1.79 bits per heavy atom. The number of hydrogen-bond donors (Lipinski definition) is 1. The number of nitrogens with one attached hydrogen (secondary N) is 1. The first-order valence-electron chi connectivity index (χ1n) is 13.1. The minimum absolute atomic E-state index is 0.0882. The number of amides is 3. The highest BCUT2D eigenvalue weighted by atomic mass is 79.9. The van der Waals surface area contributed by atoms with Crippen LogP contribution in [0.1, 0.15) is 68.8 Å². The Bertz CT molecular complexity index is 1310. The van der Waals surface area contributed by atoms with E-state index in [4.69, 9.17) is 11.6 Å². The zero-order chi connectivity index (χ0) is 27.4. The van der Waals surface area contributed by atoms with Crippen LogP contribution in [0.2, 0.25) is 5.02 Å². The van der Waals surface area contributed by atoms with E-state index in [-0.39, 0.29) is 23.9 Å². The molecule has 7 heteroatoms. The number of urea groups is 1. The second-order valence-corrected chi connectivity index (χ2v) is 11.7. The largest absolute Gasteiger partial charge is 0.325 e. The van der Waals surface area contributed by atoms with Gasteiger partial charge in [0.1, 0.15) is 6.54 Å². The quantitative estimate of drug-likeness (QED) is 0.266. The number of halogens is 2. The van der Waals surface area contributed by atoms with Gasteiger partial charge in [-0.2, -0.15) is 0 Å². The molecule has 1 heterocycles. The van der Waals surface area contributed by atoms with Crippen molar-refractivity contribution in [2.75, 3.05) is 23.3 Å². The lowest BCUT2D eigenvalue weighted by Gasteiger charge is -2.43. The summed E-state index contributed by atoms with van der Waals surface area (Å²) in [4.78, 5) is 31.1. The summed E-state index contributed by atoms with van der Waals surface area (Å²) in [5, 5.41) is 4.41. The number of benzene rings is 3. The number of anilines is 2. The number of carbonyl (C=O) groups excluding carboxylic acids is 2. The van der Waals surface area contributed by atoms with Crippen LogP contribution in [0.4, 0.5) is 16.2 Å². The molecule has 1 atom stereocenters. The lowest BCUT2D eigenvalue weighted by Crippen LogP contribution is -2.52. The molecule has 4 rings (SSSR count). The van der Waals surface area contributed by atoms with Gasteiger partial charge < -0.3 is 10.2 Å². The summed E-state index contributed by atoms with van der Waals surface area (Å²) in [5.74, 6) is -0.238. The topological polar surface area (TPSA) is 52.7 Å². The van der Waals surface area contributed by atoms with Crippen molar-refractivity contribution < 1.29 is 9.59 Å². The molecule has 3 amide bonds. The maximum atomic E-state index is 14.0. The van der Waals surface area contributed by atoms with Crippen LogP contribution in [0.25, 0.3) is 0 Å². The van der Waals surface area contributed by atoms with Crippen molar-refractivity contribution in [3.05, 3.63) is 94.0 Å². The molecule has 3 aromatic carbocycles. The predicted molar refractivity (Wildman–Crippen MR) is 160 cm³/mol. The molecule has 200 valence electrons. The Kier molecular flexibility index (Phi) is 8.84. The van der Waals surface area contributed by atoms with Crippen molar-refractivity contribution in [2.45, 2.75) is 57.3 Å². The Morgan fingerprint density at radius 1 is 1.05 bits per heavy atom. The minimum atomic E-state index is -0.433. The molecule has 0 aliphatic carbocycles. The monoisotopic (exact) mass is 595 g/mol. The van der Waals surface area contributed by atoms with Gasteiger partial charge in [0.05, 0.1) is 11.7 Å². The third-order valence-electron chi connectivity index (χ3n) is 6.85. The predicted octanol–water partition coefficient (Wildman–Crippen LogP) is 8.30. The van der Waals surface area contributed by atoms with Crippen LogP contribution in [-0.2, 0) is 15.5 Å². The number of carbonyl (C=O) groups is 2. The van der Waals surface area contributed by atoms with Crippen LogP contribution in [0, 0.1) is 0 Å². The van der Waals surface area contributed by atoms with Crippen LogP contribution in [0.15, 0.2) is 66.7 Å². The molecule has 0 bridgehead atoms. The highest BCUT2D eigenvalue weighted by molar-refractivity contribution is 9.08. The van der Waals surface area contributed by atoms with Crippen molar-refractivity contribution in [1.82, 2.24) is 4.90 Å². The van der Waals surface area contributed by atoms with E-state index in [0.29, 0.717) is 16.9 Å². The average Bonchev–Trinajstić information content (AvgIpc) is 2.88. The smallest absolute Gasteiger partial charge is 0.324 e. The van der Waals surface area contributed by atoms with Crippen molar-refractivity contribution in [1.29, 1.82) is 0 Å². The van der Waals surface area contributed by atoms with Crippen molar-refractivity contribution in [3.8, 4) is 0 Å². The standard InChI is InChI=1S/C31H35BrClN3O2/c1-5-6-16-35-27-15-13-23(33)18-24(27)29(22-10-8-7-9-11-22)36(30(35)38)20-28(37)34-26-17-21(19-32)12-14-25(26)31(2,3)4/h7-15,17-18,29H,5-6,16,19-20H2,1-4H3,(H,34,37). The summed E-state index contributed by atoms with van der Waals surface area (Å²) in [6, 6.07) is 21.0. The van der Waals surface area contributed by atoms with Gasteiger partial charge in [0, 0.05) is 28.1 Å². The third-order valence-corrected chi connectivity index (χ3v) is 7.73. The Morgan fingerprint density at radius 3 is 2.45 bits per heavy atom. The summed E-state index contributed by atoms with van der Waals surface area (Å²) in [6.07, 6.45) is 1.81. The SMILES string of the molecule is CCCCN1C(=O)N(CC(=O)Nc2cc(CBr)ccc2C(C)(C)C)C(c2ccccc2)c2cc(Cl)ccc21. The second-order valence-electron chi connectivity index (χ2n) is 10.7. The minimum Gasteiger partial charge on any atom is -0.324 e. The van der Waals surface area contributed by atoms with Crippen LogP contribution in [0.5, 0.6) is 0 Å². The van der Waals surface area contributed by atoms with Crippen LogP contribution >= 0.6 is 27.5 Å². The lowest BCUT2D eigenvalue weighted by molar-refractivity contribution is -0.117. The number of hydrogen-bond acceptors (Lipinski definition) is 2. The lowest BCUT2D eigenvalue weighted by atomic mass is 9.85. The third kappa shape index (κ3) is 6.08. The average molecular weight is 597 g/mol. The molecule has 0 saturated carbocycles. The van der Waals surface area contributed by atoms with E-state index in [2.05, 4.69) is 61.1 Å². The van der Waals surface area contributed by atoms with E-state index < -0.39 is 6.04 Å². The van der Waals surface area contributed by atoms with Gasteiger partial charge >= 0.3 is 6.03 Å². The molecule has 0 spiro atoms. The molecule has 1 unspecified atom stereocenters. The van der Waals surface area contributed by atoms with Crippen molar-refractivity contribution in [2.24, 2.45) is 0 Å². The Hall–Kier alpha value is -2.83. The van der Waals surface area contributed by atoms with Gasteiger partial charge in [-0.05, 0) is 52.8 Å². The molecule has 5 nitrogen and oxygen atoms in total. The van der Waals surface area contributed by atoms with E-state index in [0.717, 1.165) is 46.5 Å². The maximum Gasteiger partial charge on any atom is 0.325 e. The highest BCUT2D eigenvalue weighted by Crippen LogP contribution is 2.42. The van der Waals surface area contributed by atoms with E-state index in [1.807, 2.05) is 54.6 Å². The Labute approximate surface area is 239 Å². The fourth-order valence-electron chi connectivity index (χ4n) is 4.99. The molecule has 0 radical (unpaired) electrons. The van der Waals surface area contributed by atoms with E-state index in [1.54, 1.807) is 9.80 Å².